The zero-order chi connectivity index (χ0) is 14.1. The fraction of sp³-hybridized carbons (Fsp3) is 0.667. The molecule has 2 N–H and O–H groups in total. The lowest BCUT2D eigenvalue weighted by atomic mass is 10.1. The van der Waals surface area contributed by atoms with Crippen LogP contribution in [0.2, 0.25) is 0 Å². The molecule has 0 saturated carbocycles. The molecule has 2 aromatic rings. The van der Waals surface area contributed by atoms with Crippen LogP contribution < -0.4 is 10.6 Å². The van der Waals surface area contributed by atoms with Gasteiger partial charge in [-0.25, -0.2) is 4.98 Å². The van der Waals surface area contributed by atoms with E-state index < -0.39 is 0 Å². The van der Waals surface area contributed by atoms with Crippen LogP contribution in [0.5, 0.6) is 0 Å². The zero-order valence-corrected chi connectivity index (χ0v) is 13.2. The second-order valence-electron chi connectivity index (χ2n) is 6.01. The summed E-state index contributed by atoms with van der Waals surface area (Å²) in [7, 11) is 0. The number of rotatable bonds is 3. The SMILES string of the molecule is CC(N)Cc1c(N2CCCCCC2C)nc2sccn12. The Balaban J connectivity index is 2.02. The summed E-state index contributed by atoms with van der Waals surface area (Å²) in [5, 5.41) is 2.10. The summed E-state index contributed by atoms with van der Waals surface area (Å²) >= 11 is 1.70. The van der Waals surface area contributed by atoms with E-state index in [4.69, 9.17) is 10.7 Å². The van der Waals surface area contributed by atoms with Gasteiger partial charge >= 0.3 is 0 Å². The van der Waals surface area contributed by atoms with Crippen molar-refractivity contribution in [2.24, 2.45) is 5.73 Å². The van der Waals surface area contributed by atoms with Crippen LogP contribution in [0, 0.1) is 0 Å². The van der Waals surface area contributed by atoms with Gasteiger partial charge in [0.15, 0.2) is 10.8 Å². The molecule has 2 aromatic heterocycles. The number of thiazole rings is 1. The minimum absolute atomic E-state index is 0.163. The second-order valence-corrected chi connectivity index (χ2v) is 6.88. The Bertz CT molecular complexity index is 571. The monoisotopic (exact) mass is 292 g/mol. The van der Waals surface area contributed by atoms with Gasteiger partial charge in [-0.15, -0.1) is 11.3 Å². The highest BCUT2D eigenvalue weighted by molar-refractivity contribution is 7.15. The van der Waals surface area contributed by atoms with Crippen molar-refractivity contribution in [3.05, 3.63) is 17.3 Å². The van der Waals surface area contributed by atoms with Crippen molar-refractivity contribution in [1.82, 2.24) is 9.38 Å². The molecule has 0 aliphatic carbocycles. The third-order valence-corrected chi connectivity index (χ3v) is 4.94. The smallest absolute Gasteiger partial charge is 0.195 e. The summed E-state index contributed by atoms with van der Waals surface area (Å²) in [5.74, 6) is 1.17. The lowest BCUT2D eigenvalue weighted by Crippen LogP contribution is -2.34. The van der Waals surface area contributed by atoms with Gasteiger partial charge in [-0.05, 0) is 26.7 Å². The van der Waals surface area contributed by atoms with E-state index in [2.05, 4.69) is 34.7 Å². The van der Waals surface area contributed by atoms with Crippen LogP contribution in [0.3, 0.4) is 0 Å². The Kier molecular flexibility index (Phi) is 3.98. The molecular weight excluding hydrogens is 268 g/mol. The highest BCUT2D eigenvalue weighted by atomic mass is 32.1. The van der Waals surface area contributed by atoms with E-state index in [0.29, 0.717) is 6.04 Å². The van der Waals surface area contributed by atoms with Crippen LogP contribution in [-0.2, 0) is 6.42 Å². The maximum Gasteiger partial charge on any atom is 0.195 e. The predicted octanol–water partition coefficient (Wildman–Crippen LogP) is 3.05. The molecule has 0 amide bonds. The summed E-state index contributed by atoms with van der Waals surface area (Å²) in [6, 6.07) is 0.741. The molecule has 3 heterocycles. The van der Waals surface area contributed by atoms with Gasteiger partial charge in [-0.1, -0.05) is 12.8 Å². The van der Waals surface area contributed by atoms with E-state index in [1.807, 2.05) is 0 Å². The Morgan fingerprint density at radius 1 is 1.45 bits per heavy atom. The molecule has 0 bridgehead atoms. The van der Waals surface area contributed by atoms with Crippen molar-refractivity contribution in [2.45, 2.75) is 58.0 Å². The molecule has 5 heteroatoms. The van der Waals surface area contributed by atoms with Crippen molar-refractivity contribution in [2.75, 3.05) is 11.4 Å². The first-order valence-electron chi connectivity index (χ1n) is 7.63. The zero-order valence-electron chi connectivity index (χ0n) is 12.4. The quantitative estimate of drug-likeness (QED) is 0.946. The third kappa shape index (κ3) is 2.56. The molecule has 3 rings (SSSR count). The highest BCUT2D eigenvalue weighted by Gasteiger charge is 2.24. The van der Waals surface area contributed by atoms with Crippen LogP contribution in [0.25, 0.3) is 4.96 Å². The fourth-order valence-electron chi connectivity index (χ4n) is 3.14. The van der Waals surface area contributed by atoms with E-state index in [1.54, 1.807) is 11.3 Å². The molecule has 20 heavy (non-hydrogen) atoms. The van der Waals surface area contributed by atoms with Crippen LogP contribution in [-0.4, -0.2) is 28.0 Å². The van der Waals surface area contributed by atoms with Gasteiger partial charge in [0.1, 0.15) is 0 Å². The van der Waals surface area contributed by atoms with Crippen LogP contribution >= 0.6 is 11.3 Å². The van der Waals surface area contributed by atoms with Gasteiger partial charge in [0.2, 0.25) is 0 Å². The Labute approximate surface area is 124 Å². The number of hydrogen-bond donors (Lipinski definition) is 1. The summed E-state index contributed by atoms with van der Waals surface area (Å²) in [5.41, 5.74) is 7.33. The first-order chi connectivity index (χ1) is 9.66. The molecule has 2 atom stereocenters. The normalized spacial score (nSPS) is 22.1. The van der Waals surface area contributed by atoms with Gasteiger partial charge in [0.25, 0.3) is 0 Å². The van der Waals surface area contributed by atoms with Gasteiger partial charge in [-0.2, -0.15) is 0 Å². The number of nitrogens with two attached hydrogens (primary N) is 1. The molecule has 4 nitrogen and oxygen atoms in total. The first-order valence-corrected chi connectivity index (χ1v) is 8.51. The number of fused-ring (bicyclic) bond motifs is 1. The molecule has 1 aliphatic heterocycles. The molecule has 1 saturated heterocycles. The maximum absolute atomic E-state index is 6.05. The Morgan fingerprint density at radius 3 is 3.10 bits per heavy atom. The topological polar surface area (TPSA) is 46.6 Å². The average Bonchev–Trinajstić information content (AvgIpc) is 2.90. The first kappa shape index (κ1) is 13.9. The molecule has 0 aromatic carbocycles. The van der Waals surface area contributed by atoms with Crippen LogP contribution in [0.1, 0.15) is 45.2 Å². The van der Waals surface area contributed by atoms with E-state index in [1.165, 1.54) is 37.2 Å². The maximum atomic E-state index is 6.05. The summed E-state index contributed by atoms with van der Waals surface area (Å²) in [6.45, 7) is 5.52. The minimum Gasteiger partial charge on any atom is -0.352 e. The van der Waals surface area contributed by atoms with Crippen molar-refractivity contribution in [3.8, 4) is 0 Å². The molecule has 110 valence electrons. The summed E-state index contributed by atoms with van der Waals surface area (Å²) in [6.07, 6.45) is 8.22. The molecular formula is C15H24N4S. The van der Waals surface area contributed by atoms with Crippen molar-refractivity contribution in [1.29, 1.82) is 0 Å². The van der Waals surface area contributed by atoms with Gasteiger partial charge in [0.05, 0.1) is 5.69 Å². The number of nitrogens with zero attached hydrogens (tertiary/aromatic N) is 3. The van der Waals surface area contributed by atoms with Crippen molar-refractivity contribution in [3.63, 3.8) is 0 Å². The van der Waals surface area contributed by atoms with E-state index in [-0.39, 0.29) is 6.04 Å². The highest BCUT2D eigenvalue weighted by Crippen LogP contribution is 2.30. The Morgan fingerprint density at radius 2 is 2.30 bits per heavy atom. The summed E-state index contributed by atoms with van der Waals surface area (Å²) < 4.78 is 2.22. The third-order valence-electron chi connectivity index (χ3n) is 4.18. The predicted molar refractivity (Wildman–Crippen MR) is 85.7 cm³/mol. The van der Waals surface area contributed by atoms with Crippen molar-refractivity contribution >= 4 is 22.1 Å². The lowest BCUT2D eigenvalue weighted by Gasteiger charge is -2.28. The Hall–Kier alpha value is -1.07. The van der Waals surface area contributed by atoms with Crippen LogP contribution in [0.15, 0.2) is 11.6 Å². The second kappa shape index (κ2) is 5.74. The molecule has 1 aliphatic rings. The number of aromatic nitrogens is 2. The minimum atomic E-state index is 0.163. The standard InChI is InChI=1S/C15H24N4S/c1-11(16)10-13-14(17-15-19(13)8-9-20-15)18-7-5-3-4-6-12(18)2/h8-9,11-12H,3-7,10,16H2,1-2H3. The molecule has 1 fully saturated rings. The van der Waals surface area contributed by atoms with Gasteiger partial charge < -0.3 is 10.6 Å². The number of anilines is 1. The van der Waals surface area contributed by atoms with Crippen molar-refractivity contribution < 1.29 is 0 Å². The van der Waals surface area contributed by atoms with Gasteiger partial charge in [0, 0.05) is 36.6 Å². The largest absolute Gasteiger partial charge is 0.352 e. The lowest BCUT2D eigenvalue weighted by molar-refractivity contribution is 0.607. The van der Waals surface area contributed by atoms with E-state index >= 15 is 0 Å². The number of hydrogen-bond acceptors (Lipinski definition) is 4. The average molecular weight is 292 g/mol. The summed E-state index contributed by atoms with van der Waals surface area (Å²) in [4.78, 5) is 8.49. The fourth-order valence-corrected chi connectivity index (χ4v) is 3.86. The van der Waals surface area contributed by atoms with E-state index in [9.17, 15) is 0 Å². The molecule has 0 spiro atoms. The van der Waals surface area contributed by atoms with Gasteiger partial charge in [-0.3, -0.25) is 4.40 Å². The molecule has 2 unspecified atom stereocenters. The van der Waals surface area contributed by atoms with E-state index in [0.717, 1.165) is 17.9 Å². The number of imidazole rings is 1. The van der Waals surface area contributed by atoms with Crippen LogP contribution in [0.4, 0.5) is 5.82 Å². The molecule has 0 radical (unpaired) electrons.